The van der Waals surface area contributed by atoms with Crippen molar-refractivity contribution in [2.45, 2.75) is 6.61 Å². The van der Waals surface area contributed by atoms with Crippen LogP contribution in [0.15, 0.2) is 66.0 Å². The molecule has 3 rings (SSSR count). The fourth-order valence-electron chi connectivity index (χ4n) is 2.12. The lowest BCUT2D eigenvalue weighted by Crippen LogP contribution is -2.10. The van der Waals surface area contributed by atoms with Gasteiger partial charge in [0.2, 0.25) is 0 Å². The Morgan fingerprint density at radius 3 is 2.61 bits per heavy atom. The molecule has 3 N–H and O–H groups in total. The monoisotopic (exact) mass is 324 g/mol. The van der Waals surface area contributed by atoms with Crippen LogP contribution in [0.3, 0.4) is 0 Å². The average molecular weight is 324 g/mol. The van der Waals surface area contributed by atoms with E-state index < -0.39 is 0 Å². The molecule has 1 heterocycles. The van der Waals surface area contributed by atoms with Crippen molar-refractivity contribution in [2.24, 2.45) is 0 Å². The SMILES string of the molecule is N=C(Nc1ccc(Oc2ccccc2)c(CO)c1)c1cccs1. The highest BCUT2D eigenvalue weighted by Crippen LogP contribution is 2.28. The highest BCUT2D eigenvalue weighted by atomic mass is 32.1. The minimum absolute atomic E-state index is 0.135. The largest absolute Gasteiger partial charge is 0.457 e. The molecule has 0 aliphatic carbocycles. The number of hydrogen-bond donors (Lipinski definition) is 3. The Balaban J connectivity index is 1.78. The summed E-state index contributed by atoms with van der Waals surface area (Å²) in [6.45, 7) is -0.135. The minimum atomic E-state index is -0.135. The molecule has 0 unspecified atom stereocenters. The third-order valence-electron chi connectivity index (χ3n) is 3.24. The first-order chi connectivity index (χ1) is 11.3. The topological polar surface area (TPSA) is 65.3 Å². The maximum atomic E-state index is 9.58. The standard InChI is InChI=1S/C18H16N2O2S/c19-18(17-7-4-10-23-17)20-14-8-9-16(13(11-14)12-21)22-15-5-2-1-3-6-15/h1-11,21H,12H2,(H2,19,20). The van der Waals surface area contributed by atoms with Crippen molar-refractivity contribution in [3.63, 3.8) is 0 Å². The Labute approximate surface area is 138 Å². The van der Waals surface area contributed by atoms with Crippen LogP contribution in [-0.2, 0) is 6.61 Å². The molecule has 23 heavy (non-hydrogen) atoms. The van der Waals surface area contributed by atoms with Crippen LogP contribution >= 0.6 is 11.3 Å². The number of ether oxygens (including phenoxy) is 1. The van der Waals surface area contributed by atoms with Crippen LogP contribution in [-0.4, -0.2) is 10.9 Å². The first-order valence-electron chi connectivity index (χ1n) is 7.12. The van der Waals surface area contributed by atoms with E-state index in [1.54, 1.807) is 12.1 Å². The number of para-hydroxylation sites is 1. The van der Waals surface area contributed by atoms with Crippen LogP contribution in [0.25, 0.3) is 0 Å². The Morgan fingerprint density at radius 2 is 1.91 bits per heavy atom. The van der Waals surface area contributed by atoms with E-state index in [1.165, 1.54) is 11.3 Å². The number of aliphatic hydroxyl groups is 1. The van der Waals surface area contributed by atoms with Gasteiger partial charge >= 0.3 is 0 Å². The molecule has 0 aliphatic heterocycles. The van der Waals surface area contributed by atoms with Gasteiger partial charge < -0.3 is 15.2 Å². The molecular weight excluding hydrogens is 308 g/mol. The summed E-state index contributed by atoms with van der Waals surface area (Å²) in [6.07, 6.45) is 0. The zero-order chi connectivity index (χ0) is 16.1. The second-order valence-electron chi connectivity index (χ2n) is 4.87. The van der Waals surface area contributed by atoms with Crippen LogP contribution in [0.2, 0.25) is 0 Å². The second kappa shape index (κ2) is 7.09. The highest BCUT2D eigenvalue weighted by Gasteiger charge is 2.08. The lowest BCUT2D eigenvalue weighted by molar-refractivity contribution is 0.276. The number of amidine groups is 1. The van der Waals surface area contributed by atoms with Crippen molar-refractivity contribution in [1.29, 1.82) is 5.41 Å². The van der Waals surface area contributed by atoms with Crippen molar-refractivity contribution in [1.82, 2.24) is 0 Å². The molecular formula is C18H16N2O2S. The van der Waals surface area contributed by atoms with Gasteiger partial charge in [0.15, 0.2) is 0 Å². The quantitative estimate of drug-likeness (QED) is 0.479. The maximum Gasteiger partial charge on any atom is 0.140 e. The molecule has 0 radical (unpaired) electrons. The fraction of sp³-hybridized carbons (Fsp3) is 0.0556. The van der Waals surface area contributed by atoms with Crippen LogP contribution in [0.5, 0.6) is 11.5 Å². The van der Waals surface area contributed by atoms with Crippen molar-refractivity contribution < 1.29 is 9.84 Å². The number of benzene rings is 2. The molecule has 4 nitrogen and oxygen atoms in total. The van der Waals surface area contributed by atoms with E-state index in [0.29, 0.717) is 22.9 Å². The number of anilines is 1. The van der Waals surface area contributed by atoms with Crippen molar-refractivity contribution >= 4 is 22.9 Å². The van der Waals surface area contributed by atoms with Gasteiger partial charge in [0.05, 0.1) is 11.5 Å². The van der Waals surface area contributed by atoms with Gasteiger partial charge in [0.25, 0.3) is 0 Å². The number of thiophene rings is 1. The Hall–Kier alpha value is -2.63. The third-order valence-corrected chi connectivity index (χ3v) is 4.13. The van der Waals surface area contributed by atoms with Crippen LogP contribution in [0.4, 0.5) is 5.69 Å². The number of rotatable bonds is 5. The molecule has 2 aromatic carbocycles. The zero-order valence-electron chi connectivity index (χ0n) is 12.3. The molecule has 0 aliphatic rings. The van der Waals surface area contributed by atoms with E-state index in [2.05, 4.69) is 5.32 Å². The first-order valence-corrected chi connectivity index (χ1v) is 8.00. The van der Waals surface area contributed by atoms with E-state index >= 15 is 0 Å². The van der Waals surface area contributed by atoms with E-state index in [0.717, 1.165) is 10.6 Å². The van der Waals surface area contributed by atoms with Crippen molar-refractivity contribution in [3.8, 4) is 11.5 Å². The van der Waals surface area contributed by atoms with Gasteiger partial charge in [-0.25, -0.2) is 0 Å². The number of aliphatic hydroxyl groups excluding tert-OH is 1. The predicted octanol–water partition coefficient (Wildman–Crippen LogP) is 4.47. The molecule has 1 aromatic heterocycles. The number of nitrogens with one attached hydrogen (secondary N) is 2. The second-order valence-corrected chi connectivity index (χ2v) is 5.82. The molecule has 116 valence electrons. The van der Waals surface area contributed by atoms with Gasteiger partial charge in [-0.15, -0.1) is 11.3 Å². The normalized spacial score (nSPS) is 10.3. The minimum Gasteiger partial charge on any atom is -0.457 e. The first kappa shape index (κ1) is 15.3. The van der Waals surface area contributed by atoms with E-state index in [4.69, 9.17) is 10.1 Å². The summed E-state index contributed by atoms with van der Waals surface area (Å²) in [5.41, 5.74) is 1.41. The van der Waals surface area contributed by atoms with Gasteiger partial charge in [-0.3, -0.25) is 5.41 Å². The van der Waals surface area contributed by atoms with E-state index in [1.807, 2.05) is 53.9 Å². The van der Waals surface area contributed by atoms with Crippen molar-refractivity contribution in [3.05, 3.63) is 76.5 Å². The third kappa shape index (κ3) is 3.77. The molecule has 0 atom stereocenters. The zero-order valence-corrected chi connectivity index (χ0v) is 13.1. The Bertz CT molecular complexity index is 786. The molecule has 5 heteroatoms. The molecule has 0 amide bonds. The van der Waals surface area contributed by atoms with Gasteiger partial charge in [-0.05, 0) is 41.8 Å². The Morgan fingerprint density at radius 1 is 1.09 bits per heavy atom. The van der Waals surface area contributed by atoms with Crippen LogP contribution in [0, 0.1) is 5.41 Å². The summed E-state index contributed by atoms with van der Waals surface area (Å²) in [5, 5.41) is 22.6. The Kier molecular flexibility index (Phi) is 4.71. The summed E-state index contributed by atoms with van der Waals surface area (Å²) in [7, 11) is 0. The summed E-state index contributed by atoms with van der Waals surface area (Å²) < 4.78 is 5.79. The lowest BCUT2D eigenvalue weighted by Gasteiger charge is -2.13. The maximum absolute atomic E-state index is 9.58. The number of hydrogen-bond acceptors (Lipinski definition) is 4. The van der Waals surface area contributed by atoms with Gasteiger partial charge in [0, 0.05) is 11.3 Å². The highest BCUT2D eigenvalue weighted by molar-refractivity contribution is 7.12. The van der Waals surface area contributed by atoms with E-state index in [-0.39, 0.29) is 6.61 Å². The summed E-state index contributed by atoms with van der Waals surface area (Å²) >= 11 is 1.50. The van der Waals surface area contributed by atoms with Crippen LogP contribution < -0.4 is 10.1 Å². The summed E-state index contributed by atoms with van der Waals surface area (Å²) in [4.78, 5) is 0.861. The van der Waals surface area contributed by atoms with Crippen LogP contribution in [0.1, 0.15) is 10.4 Å². The van der Waals surface area contributed by atoms with Gasteiger partial charge in [-0.2, -0.15) is 0 Å². The molecule has 0 saturated heterocycles. The van der Waals surface area contributed by atoms with E-state index in [9.17, 15) is 5.11 Å². The lowest BCUT2D eigenvalue weighted by atomic mass is 10.2. The molecule has 0 fully saturated rings. The molecule has 3 aromatic rings. The smallest absolute Gasteiger partial charge is 0.140 e. The summed E-state index contributed by atoms with van der Waals surface area (Å²) in [5.74, 6) is 1.65. The van der Waals surface area contributed by atoms with Gasteiger partial charge in [0.1, 0.15) is 17.3 Å². The average Bonchev–Trinajstić information content (AvgIpc) is 3.12. The van der Waals surface area contributed by atoms with Crippen molar-refractivity contribution in [2.75, 3.05) is 5.32 Å². The molecule has 0 bridgehead atoms. The molecule has 0 saturated carbocycles. The fourth-order valence-corrected chi connectivity index (χ4v) is 2.75. The van der Waals surface area contributed by atoms with Gasteiger partial charge in [-0.1, -0.05) is 24.3 Å². The molecule has 0 spiro atoms. The predicted molar refractivity (Wildman–Crippen MR) is 93.7 cm³/mol. The summed E-state index contributed by atoms with van der Waals surface area (Å²) in [6, 6.07) is 18.6.